The van der Waals surface area contributed by atoms with Crippen molar-refractivity contribution in [1.29, 1.82) is 0 Å². The van der Waals surface area contributed by atoms with Crippen LogP contribution in [0, 0.1) is 6.92 Å². The van der Waals surface area contributed by atoms with Crippen molar-refractivity contribution >= 4 is 5.97 Å². The summed E-state index contributed by atoms with van der Waals surface area (Å²) in [5, 5.41) is 8.69. The van der Waals surface area contributed by atoms with E-state index in [1.807, 2.05) is 31.2 Å². The monoisotopic (exact) mass is 244 g/mol. The number of carboxylic acid groups (broad SMARTS) is 1. The lowest BCUT2D eigenvalue weighted by atomic mass is 10.2. The average Bonchev–Trinajstić information content (AvgIpc) is 2.32. The van der Waals surface area contributed by atoms with E-state index in [4.69, 9.17) is 9.84 Å². The standard InChI is InChI=1S/C13H12N2O3/c1-9-4-2-3-5-11(9)18-12-6-10(7-13(16)17)14-8-15-12/h2-6,8H,7H2,1H3,(H,16,17). The molecule has 5 nitrogen and oxygen atoms in total. The van der Waals surface area contributed by atoms with Gasteiger partial charge in [0.2, 0.25) is 5.88 Å². The molecule has 0 fully saturated rings. The Morgan fingerprint density at radius 3 is 2.83 bits per heavy atom. The topological polar surface area (TPSA) is 72.3 Å². The minimum Gasteiger partial charge on any atom is -0.481 e. The lowest BCUT2D eigenvalue weighted by Gasteiger charge is -2.07. The van der Waals surface area contributed by atoms with Gasteiger partial charge in [0, 0.05) is 6.07 Å². The lowest BCUT2D eigenvalue weighted by Crippen LogP contribution is -2.03. The van der Waals surface area contributed by atoms with Crippen molar-refractivity contribution in [3.05, 3.63) is 47.9 Å². The minimum absolute atomic E-state index is 0.146. The normalized spacial score (nSPS) is 10.1. The number of para-hydroxylation sites is 1. The quantitative estimate of drug-likeness (QED) is 0.892. The van der Waals surface area contributed by atoms with Gasteiger partial charge in [0.15, 0.2) is 0 Å². The van der Waals surface area contributed by atoms with Gasteiger partial charge in [-0.25, -0.2) is 9.97 Å². The summed E-state index contributed by atoms with van der Waals surface area (Å²) in [6.07, 6.45) is 1.15. The van der Waals surface area contributed by atoms with E-state index in [2.05, 4.69) is 9.97 Å². The van der Waals surface area contributed by atoms with Crippen LogP contribution in [0.5, 0.6) is 11.6 Å². The Morgan fingerprint density at radius 2 is 2.11 bits per heavy atom. The summed E-state index contributed by atoms with van der Waals surface area (Å²) in [5.74, 6) is 0.101. The van der Waals surface area contributed by atoms with Gasteiger partial charge in [-0.05, 0) is 18.6 Å². The first-order valence-corrected chi connectivity index (χ1v) is 5.41. The van der Waals surface area contributed by atoms with Crippen molar-refractivity contribution in [1.82, 2.24) is 9.97 Å². The molecule has 0 spiro atoms. The number of carboxylic acids is 1. The molecule has 0 atom stereocenters. The summed E-state index contributed by atoms with van der Waals surface area (Å²) in [7, 11) is 0. The lowest BCUT2D eigenvalue weighted by molar-refractivity contribution is -0.136. The third kappa shape index (κ3) is 3.04. The fourth-order valence-corrected chi connectivity index (χ4v) is 1.47. The fraction of sp³-hybridized carbons (Fsp3) is 0.154. The highest BCUT2D eigenvalue weighted by molar-refractivity contribution is 5.69. The third-order valence-electron chi connectivity index (χ3n) is 2.34. The molecule has 0 aliphatic rings. The van der Waals surface area contributed by atoms with Crippen molar-refractivity contribution < 1.29 is 14.6 Å². The highest BCUT2D eigenvalue weighted by Crippen LogP contribution is 2.22. The molecule has 0 unspecified atom stereocenters. The maximum Gasteiger partial charge on any atom is 0.309 e. The number of aromatic nitrogens is 2. The number of ether oxygens (including phenoxy) is 1. The molecule has 0 saturated heterocycles. The summed E-state index contributed by atoms with van der Waals surface area (Å²) < 4.78 is 5.59. The number of hydrogen-bond donors (Lipinski definition) is 1. The van der Waals surface area contributed by atoms with Crippen LogP contribution in [0.4, 0.5) is 0 Å². The van der Waals surface area contributed by atoms with Gasteiger partial charge in [0.05, 0.1) is 12.1 Å². The Bertz CT molecular complexity index is 570. The van der Waals surface area contributed by atoms with Crippen LogP contribution in [-0.4, -0.2) is 21.0 Å². The molecule has 1 aromatic heterocycles. The molecule has 92 valence electrons. The van der Waals surface area contributed by atoms with Crippen LogP contribution in [0.25, 0.3) is 0 Å². The maximum absolute atomic E-state index is 10.6. The molecular weight excluding hydrogens is 232 g/mol. The van der Waals surface area contributed by atoms with Crippen LogP contribution < -0.4 is 4.74 Å². The summed E-state index contributed by atoms with van der Waals surface area (Å²) in [6.45, 7) is 1.93. The van der Waals surface area contributed by atoms with E-state index in [0.29, 0.717) is 17.3 Å². The van der Waals surface area contributed by atoms with Crippen molar-refractivity contribution in [3.8, 4) is 11.6 Å². The fourth-order valence-electron chi connectivity index (χ4n) is 1.47. The number of hydrogen-bond acceptors (Lipinski definition) is 4. The predicted octanol–water partition coefficient (Wildman–Crippen LogP) is 2.20. The van der Waals surface area contributed by atoms with Crippen molar-refractivity contribution in [2.45, 2.75) is 13.3 Å². The van der Waals surface area contributed by atoms with E-state index in [-0.39, 0.29) is 6.42 Å². The van der Waals surface area contributed by atoms with Gasteiger partial charge >= 0.3 is 5.97 Å². The van der Waals surface area contributed by atoms with E-state index >= 15 is 0 Å². The SMILES string of the molecule is Cc1ccccc1Oc1cc(CC(=O)O)ncn1. The Balaban J connectivity index is 2.19. The van der Waals surface area contributed by atoms with E-state index in [9.17, 15) is 4.79 Å². The van der Waals surface area contributed by atoms with E-state index < -0.39 is 5.97 Å². The Morgan fingerprint density at radius 1 is 1.33 bits per heavy atom. The molecule has 0 aliphatic carbocycles. The Labute approximate surface area is 104 Å². The van der Waals surface area contributed by atoms with Crippen molar-refractivity contribution in [2.75, 3.05) is 0 Å². The van der Waals surface area contributed by atoms with Gasteiger partial charge in [-0.1, -0.05) is 18.2 Å². The molecule has 1 aromatic carbocycles. The molecular formula is C13H12N2O3. The van der Waals surface area contributed by atoms with Crippen LogP contribution in [-0.2, 0) is 11.2 Å². The first kappa shape index (κ1) is 12.0. The third-order valence-corrected chi connectivity index (χ3v) is 2.34. The molecule has 2 rings (SSSR count). The van der Waals surface area contributed by atoms with E-state index in [1.165, 1.54) is 12.4 Å². The van der Waals surface area contributed by atoms with Gasteiger partial charge < -0.3 is 9.84 Å². The Kier molecular flexibility index (Phi) is 3.52. The number of aryl methyl sites for hydroxylation is 1. The average molecular weight is 244 g/mol. The zero-order valence-corrected chi connectivity index (χ0v) is 9.83. The first-order valence-electron chi connectivity index (χ1n) is 5.41. The number of nitrogens with zero attached hydrogens (tertiary/aromatic N) is 2. The number of rotatable bonds is 4. The summed E-state index contributed by atoms with van der Waals surface area (Å²) in [4.78, 5) is 18.4. The van der Waals surface area contributed by atoms with Gasteiger partial charge in [-0.3, -0.25) is 4.79 Å². The number of carbonyl (C=O) groups is 1. The second-order valence-electron chi connectivity index (χ2n) is 3.79. The van der Waals surface area contributed by atoms with Crippen LogP contribution >= 0.6 is 0 Å². The second kappa shape index (κ2) is 5.27. The summed E-state index contributed by atoms with van der Waals surface area (Å²) in [5.41, 5.74) is 1.40. The minimum atomic E-state index is -0.935. The highest BCUT2D eigenvalue weighted by Gasteiger charge is 2.06. The molecule has 1 N–H and O–H groups in total. The highest BCUT2D eigenvalue weighted by atomic mass is 16.5. The number of aliphatic carboxylic acids is 1. The van der Waals surface area contributed by atoms with Gasteiger partial charge in [0.1, 0.15) is 12.1 Å². The molecule has 0 bridgehead atoms. The number of benzene rings is 1. The molecule has 0 amide bonds. The van der Waals surface area contributed by atoms with Gasteiger partial charge in [-0.15, -0.1) is 0 Å². The molecule has 0 aliphatic heterocycles. The second-order valence-corrected chi connectivity index (χ2v) is 3.79. The van der Waals surface area contributed by atoms with Crippen molar-refractivity contribution in [3.63, 3.8) is 0 Å². The van der Waals surface area contributed by atoms with Crippen LogP contribution in [0.1, 0.15) is 11.3 Å². The van der Waals surface area contributed by atoms with Crippen LogP contribution in [0.3, 0.4) is 0 Å². The van der Waals surface area contributed by atoms with Crippen molar-refractivity contribution in [2.24, 2.45) is 0 Å². The maximum atomic E-state index is 10.6. The van der Waals surface area contributed by atoms with Crippen LogP contribution in [0.2, 0.25) is 0 Å². The van der Waals surface area contributed by atoms with Gasteiger partial charge in [-0.2, -0.15) is 0 Å². The smallest absolute Gasteiger partial charge is 0.309 e. The van der Waals surface area contributed by atoms with E-state index in [1.54, 1.807) is 0 Å². The largest absolute Gasteiger partial charge is 0.481 e. The van der Waals surface area contributed by atoms with Crippen LogP contribution in [0.15, 0.2) is 36.7 Å². The zero-order chi connectivity index (χ0) is 13.0. The molecule has 1 heterocycles. The molecule has 5 heteroatoms. The summed E-state index contributed by atoms with van der Waals surface area (Å²) in [6, 6.07) is 9.06. The zero-order valence-electron chi connectivity index (χ0n) is 9.83. The molecule has 2 aromatic rings. The van der Waals surface area contributed by atoms with Gasteiger partial charge in [0.25, 0.3) is 0 Å². The molecule has 0 radical (unpaired) electrons. The molecule has 0 saturated carbocycles. The summed E-state index contributed by atoms with van der Waals surface area (Å²) >= 11 is 0. The first-order chi connectivity index (χ1) is 8.65. The Hall–Kier alpha value is -2.43. The molecule has 18 heavy (non-hydrogen) atoms. The predicted molar refractivity (Wildman–Crippen MR) is 64.6 cm³/mol. The van der Waals surface area contributed by atoms with E-state index in [0.717, 1.165) is 5.56 Å².